The van der Waals surface area contributed by atoms with Crippen LogP contribution in [-0.4, -0.2) is 59.9 Å². The highest BCUT2D eigenvalue weighted by atomic mass is 19.3. The Balaban J connectivity index is 1.82. The second-order valence-electron chi connectivity index (χ2n) is 9.77. The van der Waals surface area contributed by atoms with Gasteiger partial charge in [0, 0.05) is 41.3 Å². The van der Waals surface area contributed by atoms with Gasteiger partial charge in [-0.1, -0.05) is 25.1 Å². The number of aromatic nitrogens is 1. The molecular weight excluding hydrogens is 502 g/mol. The zero-order valence-corrected chi connectivity index (χ0v) is 21.4. The van der Waals surface area contributed by atoms with Crippen LogP contribution in [0.3, 0.4) is 0 Å². The second-order valence-corrected chi connectivity index (χ2v) is 9.77. The quantitative estimate of drug-likeness (QED) is 0.207. The fourth-order valence-corrected chi connectivity index (χ4v) is 5.27. The summed E-state index contributed by atoms with van der Waals surface area (Å²) in [4.78, 5) is 16.9. The Morgan fingerprint density at radius 3 is 2.71 bits per heavy atom. The molecule has 0 fully saturated rings. The third-order valence-electron chi connectivity index (χ3n) is 7.13. The lowest BCUT2D eigenvalue weighted by atomic mass is 9.85. The van der Waals surface area contributed by atoms with Crippen molar-refractivity contribution in [1.82, 2.24) is 15.2 Å². The first-order valence-corrected chi connectivity index (χ1v) is 12.8. The molecule has 2 aromatic carbocycles. The molecule has 3 unspecified atom stereocenters. The van der Waals surface area contributed by atoms with Crippen LogP contribution in [0.2, 0.25) is 0 Å². The number of carboxylic acids is 1. The van der Waals surface area contributed by atoms with Crippen molar-refractivity contribution in [2.75, 3.05) is 32.9 Å². The highest BCUT2D eigenvalue weighted by Gasteiger charge is 2.41. The van der Waals surface area contributed by atoms with Gasteiger partial charge in [-0.15, -0.1) is 0 Å². The minimum Gasteiger partial charge on any atom is -0.492 e. The van der Waals surface area contributed by atoms with E-state index in [4.69, 9.17) is 4.74 Å². The van der Waals surface area contributed by atoms with E-state index in [1.165, 1.54) is 6.07 Å². The molecular formula is C28H33F4N3O3. The van der Waals surface area contributed by atoms with E-state index < -0.39 is 42.4 Å². The van der Waals surface area contributed by atoms with Crippen LogP contribution in [0, 0.1) is 11.7 Å². The summed E-state index contributed by atoms with van der Waals surface area (Å²) < 4.78 is 63.0. The lowest BCUT2D eigenvalue weighted by Gasteiger charge is -2.42. The number of ether oxygens (including phenoxy) is 1. The van der Waals surface area contributed by atoms with E-state index in [-0.39, 0.29) is 30.5 Å². The number of benzene rings is 2. The average Bonchev–Trinajstić information content (AvgIpc) is 3.25. The van der Waals surface area contributed by atoms with Crippen molar-refractivity contribution in [2.24, 2.45) is 5.92 Å². The molecule has 2 heterocycles. The Kier molecular flexibility index (Phi) is 8.94. The second kappa shape index (κ2) is 12.2. The van der Waals surface area contributed by atoms with Crippen molar-refractivity contribution >= 4 is 16.9 Å². The summed E-state index contributed by atoms with van der Waals surface area (Å²) in [7, 11) is 0. The van der Waals surface area contributed by atoms with E-state index >= 15 is 4.39 Å². The fourth-order valence-electron chi connectivity index (χ4n) is 5.27. The summed E-state index contributed by atoms with van der Waals surface area (Å²) in [6.07, 6.45) is -2.16. The first-order chi connectivity index (χ1) is 18.2. The molecule has 6 nitrogen and oxygen atoms in total. The zero-order chi connectivity index (χ0) is 27.4. The number of para-hydroxylation sites is 1. The van der Waals surface area contributed by atoms with Gasteiger partial charge in [0.05, 0.1) is 24.2 Å². The van der Waals surface area contributed by atoms with Crippen LogP contribution < -0.4 is 10.1 Å². The van der Waals surface area contributed by atoms with Gasteiger partial charge in [-0.2, -0.15) is 0 Å². The number of H-pyrrole nitrogens is 1. The lowest BCUT2D eigenvalue weighted by Crippen LogP contribution is -2.46. The van der Waals surface area contributed by atoms with E-state index in [1.807, 2.05) is 31.2 Å². The summed E-state index contributed by atoms with van der Waals surface area (Å²) >= 11 is 0. The molecule has 1 aliphatic heterocycles. The monoisotopic (exact) mass is 535 g/mol. The molecule has 0 amide bonds. The summed E-state index contributed by atoms with van der Waals surface area (Å²) in [5.74, 6) is -2.78. The Bertz CT molecular complexity index is 1270. The molecule has 0 spiro atoms. The molecule has 10 heteroatoms. The van der Waals surface area contributed by atoms with Gasteiger partial charge in [-0.3, -0.25) is 14.1 Å². The molecule has 3 atom stereocenters. The van der Waals surface area contributed by atoms with Gasteiger partial charge in [0.2, 0.25) is 0 Å². The van der Waals surface area contributed by atoms with Crippen LogP contribution in [0.15, 0.2) is 36.4 Å². The summed E-state index contributed by atoms with van der Waals surface area (Å²) in [6.45, 7) is 3.80. The number of nitrogens with zero attached hydrogens (tertiary/aromatic N) is 1. The molecule has 3 N–H and O–H groups in total. The van der Waals surface area contributed by atoms with Crippen LogP contribution in [0.25, 0.3) is 10.9 Å². The average molecular weight is 536 g/mol. The standard InChI is InChI=1S/C28H33F4N3O3/c1-16(28(36)37)15-35-17(2)14-19-18-6-3-4-7-21(18)34-25(19)26(35)23-20(30)8-9-22(24(23)27(31)32)38-13-12-33-11-5-10-29/h3-4,6-9,16-17,26-27,33-34H,5,10-15H2,1-2H3,(H,36,37). The molecule has 0 radical (unpaired) electrons. The number of carbonyl (C=O) groups is 1. The van der Waals surface area contributed by atoms with Crippen LogP contribution in [0.1, 0.15) is 55.1 Å². The molecule has 206 valence electrons. The number of rotatable bonds is 12. The highest BCUT2D eigenvalue weighted by Crippen LogP contribution is 2.46. The molecule has 1 aromatic heterocycles. The molecule has 0 saturated heterocycles. The number of halogens is 4. The molecule has 0 bridgehead atoms. The van der Waals surface area contributed by atoms with Crippen molar-refractivity contribution in [1.29, 1.82) is 0 Å². The molecule has 0 saturated carbocycles. The number of nitrogens with one attached hydrogen (secondary N) is 2. The first kappa shape index (κ1) is 27.9. The van der Waals surface area contributed by atoms with Gasteiger partial charge in [0.25, 0.3) is 6.43 Å². The largest absolute Gasteiger partial charge is 0.492 e. The van der Waals surface area contributed by atoms with Crippen LogP contribution in [0.5, 0.6) is 5.75 Å². The molecule has 0 aliphatic carbocycles. The number of hydrogen-bond donors (Lipinski definition) is 3. The Morgan fingerprint density at radius 1 is 1.24 bits per heavy atom. The smallest absolute Gasteiger partial charge is 0.307 e. The van der Waals surface area contributed by atoms with Crippen molar-refractivity contribution in [3.63, 3.8) is 0 Å². The Hall–Kier alpha value is -3.11. The number of fused-ring (bicyclic) bond motifs is 3. The highest BCUT2D eigenvalue weighted by molar-refractivity contribution is 5.85. The first-order valence-electron chi connectivity index (χ1n) is 12.8. The third-order valence-corrected chi connectivity index (χ3v) is 7.13. The maximum atomic E-state index is 15.7. The summed E-state index contributed by atoms with van der Waals surface area (Å²) in [5, 5.41) is 13.5. The van der Waals surface area contributed by atoms with Gasteiger partial charge < -0.3 is 20.1 Å². The van der Waals surface area contributed by atoms with Gasteiger partial charge in [-0.05, 0) is 50.1 Å². The molecule has 1 aliphatic rings. The number of carboxylic acid groups (broad SMARTS) is 1. The van der Waals surface area contributed by atoms with Crippen molar-refractivity contribution in [3.05, 3.63) is 64.6 Å². The van der Waals surface area contributed by atoms with Crippen molar-refractivity contribution in [3.8, 4) is 5.75 Å². The SMILES string of the molecule is CC(CN1C(C)Cc2c([nH]c3ccccc23)C1c1c(F)ccc(OCCNCCCF)c1C(F)F)C(=O)O. The van der Waals surface area contributed by atoms with E-state index in [0.717, 1.165) is 22.5 Å². The predicted octanol–water partition coefficient (Wildman–Crippen LogP) is 5.63. The van der Waals surface area contributed by atoms with E-state index in [1.54, 1.807) is 11.8 Å². The predicted molar refractivity (Wildman–Crippen MR) is 137 cm³/mol. The van der Waals surface area contributed by atoms with Crippen LogP contribution in [-0.2, 0) is 11.2 Å². The van der Waals surface area contributed by atoms with Crippen LogP contribution in [0.4, 0.5) is 17.6 Å². The van der Waals surface area contributed by atoms with Crippen molar-refractivity contribution in [2.45, 2.75) is 45.2 Å². The third kappa shape index (κ3) is 5.66. The normalized spacial score (nSPS) is 18.6. The minimum atomic E-state index is -3.04. The molecule has 38 heavy (non-hydrogen) atoms. The Labute approximate surface area is 219 Å². The molecule has 3 aromatic rings. The van der Waals surface area contributed by atoms with Gasteiger partial charge in [0.15, 0.2) is 0 Å². The molecule has 4 rings (SSSR count). The lowest BCUT2D eigenvalue weighted by molar-refractivity contribution is -0.142. The summed E-state index contributed by atoms with van der Waals surface area (Å²) in [5.41, 5.74) is 1.51. The number of aliphatic carboxylic acids is 1. The van der Waals surface area contributed by atoms with E-state index in [2.05, 4.69) is 10.3 Å². The van der Waals surface area contributed by atoms with Gasteiger partial charge in [-0.25, -0.2) is 13.2 Å². The number of hydrogen-bond acceptors (Lipinski definition) is 4. The maximum Gasteiger partial charge on any atom is 0.307 e. The fraction of sp³-hybridized carbons (Fsp3) is 0.464. The van der Waals surface area contributed by atoms with E-state index in [0.29, 0.717) is 31.6 Å². The van der Waals surface area contributed by atoms with Crippen LogP contribution >= 0.6 is 0 Å². The van der Waals surface area contributed by atoms with Gasteiger partial charge >= 0.3 is 5.97 Å². The zero-order valence-electron chi connectivity index (χ0n) is 21.4. The summed E-state index contributed by atoms with van der Waals surface area (Å²) in [6, 6.07) is 8.65. The minimum absolute atomic E-state index is 0.0372. The number of aromatic amines is 1. The number of alkyl halides is 3. The Morgan fingerprint density at radius 2 is 2.00 bits per heavy atom. The van der Waals surface area contributed by atoms with Gasteiger partial charge in [0.1, 0.15) is 18.2 Å². The topological polar surface area (TPSA) is 77.6 Å². The van der Waals surface area contributed by atoms with Crippen molar-refractivity contribution < 1.29 is 32.2 Å². The van der Waals surface area contributed by atoms with E-state index in [9.17, 15) is 23.1 Å². The maximum absolute atomic E-state index is 15.7.